The number of aryl methyl sites for hydroxylation is 2. The summed E-state index contributed by atoms with van der Waals surface area (Å²) in [5.41, 5.74) is 3.24. The van der Waals surface area contributed by atoms with E-state index in [9.17, 15) is 5.11 Å². The lowest BCUT2D eigenvalue weighted by atomic mass is 9.96. The van der Waals surface area contributed by atoms with Crippen LogP contribution in [0.25, 0.3) is 0 Å². The molecule has 2 rings (SSSR count). The van der Waals surface area contributed by atoms with E-state index in [-0.39, 0.29) is 0 Å². The minimum Gasteiger partial charge on any atom is -0.447 e. The monoisotopic (exact) mass is 264 g/mol. The summed E-state index contributed by atoms with van der Waals surface area (Å²) in [6, 6.07) is 9.58. The molecular formula is C15H17ClO2. The maximum Gasteiger partial charge on any atom is 0.193 e. The molecule has 2 aromatic rings. The van der Waals surface area contributed by atoms with Crippen LogP contribution in [0.15, 0.2) is 34.7 Å². The second kappa shape index (κ2) is 5.59. The van der Waals surface area contributed by atoms with E-state index < -0.39 is 6.10 Å². The van der Waals surface area contributed by atoms with Gasteiger partial charge in [0, 0.05) is 0 Å². The smallest absolute Gasteiger partial charge is 0.193 e. The fourth-order valence-corrected chi connectivity index (χ4v) is 2.22. The molecular weight excluding hydrogens is 248 g/mol. The first-order valence-electron chi connectivity index (χ1n) is 6.20. The molecule has 2 nitrogen and oxygen atoms in total. The van der Waals surface area contributed by atoms with Crippen LogP contribution in [0.5, 0.6) is 0 Å². The molecule has 1 aromatic carbocycles. The Bertz CT molecular complexity index is 531. The molecule has 1 unspecified atom stereocenters. The average molecular weight is 265 g/mol. The van der Waals surface area contributed by atoms with Crippen LogP contribution in [0.2, 0.25) is 5.22 Å². The molecule has 1 N–H and O–H groups in total. The van der Waals surface area contributed by atoms with Crippen LogP contribution in [0.3, 0.4) is 0 Å². The third-order valence-corrected chi connectivity index (χ3v) is 3.36. The normalized spacial score (nSPS) is 12.7. The quantitative estimate of drug-likeness (QED) is 0.900. The van der Waals surface area contributed by atoms with Gasteiger partial charge in [0.25, 0.3) is 0 Å². The largest absolute Gasteiger partial charge is 0.447 e. The minimum absolute atomic E-state index is 0.300. The molecule has 0 amide bonds. The Morgan fingerprint density at radius 1 is 1.17 bits per heavy atom. The van der Waals surface area contributed by atoms with Crippen molar-refractivity contribution in [2.24, 2.45) is 0 Å². The molecule has 1 heterocycles. The van der Waals surface area contributed by atoms with Gasteiger partial charge in [-0.3, -0.25) is 0 Å². The van der Waals surface area contributed by atoms with E-state index in [1.54, 1.807) is 12.1 Å². The van der Waals surface area contributed by atoms with Gasteiger partial charge in [-0.2, -0.15) is 0 Å². The van der Waals surface area contributed by atoms with Crippen LogP contribution in [0, 0.1) is 0 Å². The van der Waals surface area contributed by atoms with Crippen LogP contribution in [0.1, 0.15) is 42.4 Å². The second-order valence-electron chi connectivity index (χ2n) is 4.28. The van der Waals surface area contributed by atoms with Crippen molar-refractivity contribution >= 4 is 11.6 Å². The van der Waals surface area contributed by atoms with Crippen LogP contribution in [-0.4, -0.2) is 5.11 Å². The molecule has 0 aliphatic rings. The van der Waals surface area contributed by atoms with Crippen LogP contribution >= 0.6 is 11.6 Å². The molecule has 0 spiro atoms. The fraction of sp³-hybridized carbons (Fsp3) is 0.333. The first-order valence-corrected chi connectivity index (χ1v) is 6.58. The van der Waals surface area contributed by atoms with Gasteiger partial charge in [-0.1, -0.05) is 32.0 Å². The Morgan fingerprint density at radius 3 is 2.50 bits per heavy atom. The minimum atomic E-state index is -0.751. The average Bonchev–Trinajstić information content (AvgIpc) is 2.83. The molecule has 1 atom stereocenters. The summed E-state index contributed by atoms with van der Waals surface area (Å²) >= 11 is 5.75. The Hall–Kier alpha value is -1.25. The maximum atomic E-state index is 10.4. The van der Waals surface area contributed by atoms with Crippen molar-refractivity contribution in [1.82, 2.24) is 0 Å². The van der Waals surface area contributed by atoms with Gasteiger partial charge in [-0.05, 0) is 53.3 Å². The standard InChI is InChI=1S/C15H17ClO2/c1-3-10-5-6-11(4-2)12(9-10)15(17)13-7-8-14(16)18-13/h5-9,15,17H,3-4H2,1-2H3. The van der Waals surface area contributed by atoms with E-state index in [0.29, 0.717) is 11.0 Å². The van der Waals surface area contributed by atoms with E-state index in [0.717, 1.165) is 24.0 Å². The van der Waals surface area contributed by atoms with Crippen molar-refractivity contribution in [2.75, 3.05) is 0 Å². The predicted molar refractivity (Wildman–Crippen MR) is 73.0 cm³/mol. The third-order valence-electron chi connectivity index (χ3n) is 3.16. The van der Waals surface area contributed by atoms with E-state index >= 15 is 0 Å². The number of hydrogen-bond donors (Lipinski definition) is 1. The molecule has 18 heavy (non-hydrogen) atoms. The SMILES string of the molecule is CCc1ccc(CC)c(C(O)c2ccc(Cl)o2)c1. The summed E-state index contributed by atoms with van der Waals surface area (Å²) in [6.07, 6.45) is 1.08. The van der Waals surface area contributed by atoms with Crippen molar-refractivity contribution in [3.8, 4) is 0 Å². The number of rotatable bonds is 4. The number of furan rings is 1. The summed E-state index contributed by atoms with van der Waals surface area (Å²) in [7, 11) is 0. The number of hydrogen-bond acceptors (Lipinski definition) is 2. The summed E-state index contributed by atoms with van der Waals surface area (Å²) < 4.78 is 5.29. The van der Waals surface area contributed by atoms with Gasteiger partial charge in [-0.25, -0.2) is 0 Å². The van der Waals surface area contributed by atoms with Crippen LogP contribution in [0.4, 0.5) is 0 Å². The lowest BCUT2D eigenvalue weighted by Crippen LogP contribution is -2.03. The number of halogens is 1. The Morgan fingerprint density at radius 2 is 1.94 bits per heavy atom. The highest BCUT2D eigenvalue weighted by Gasteiger charge is 2.17. The topological polar surface area (TPSA) is 33.4 Å². The number of benzene rings is 1. The molecule has 0 aliphatic carbocycles. The van der Waals surface area contributed by atoms with Crippen molar-refractivity contribution in [1.29, 1.82) is 0 Å². The fourth-order valence-electron chi connectivity index (χ4n) is 2.07. The highest BCUT2D eigenvalue weighted by Crippen LogP contribution is 2.29. The van der Waals surface area contributed by atoms with Gasteiger partial charge >= 0.3 is 0 Å². The van der Waals surface area contributed by atoms with Crippen LogP contribution < -0.4 is 0 Å². The molecule has 0 bridgehead atoms. The highest BCUT2D eigenvalue weighted by atomic mass is 35.5. The van der Waals surface area contributed by atoms with Crippen molar-refractivity contribution in [3.63, 3.8) is 0 Å². The maximum absolute atomic E-state index is 10.4. The lowest BCUT2D eigenvalue weighted by molar-refractivity contribution is 0.188. The van der Waals surface area contributed by atoms with Gasteiger partial charge < -0.3 is 9.52 Å². The third kappa shape index (κ3) is 2.60. The summed E-state index contributed by atoms with van der Waals surface area (Å²) in [6.45, 7) is 4.17. The predicted octanol–water partition coefficient (Wildman–Crippen LogP) is 4.14. The summed E-state index contributed by atoms with van der Waals surface area (Å²) in [4.78, 5) is 0. The summed E-state index contributed by atoms with van der Waals surface area (Å²) in [5, 5.41) is 10.7. The Balaban J connectivity index is 2.41. The van der Waals surface area contributed by atoms with Crippen LogP contribution in [-0.2, 0) is 12.8 Å². The zero-order valence-corrected chi connectivity index (χ0v) is 11.4. The number of aliphatic hydroxyl groups excluding tert-OH is 1. The van der Waals surface area contributed by atoms with E-state index in [1.807, 2.05) is 6.07 Å². The molecule has 0 radical (unpaired) electrons. The van der Waals surface area contributed by atoms with Gasteiger partial charge in [0.15, 0.2) is 5.22 Å². The molecule has 96 valence electrons. The molecule has 0 saturated carbocycles. The van der Waals surface area contributed by atoms with Crippen molar-refractivity contribution < 1.29 is 9.52 Å². The second-order valence-corrected chi connectivity index (χ2v) is 4.66. The van der Waals surface area contributed by atoms with Crippen molar-refractivity contribution in [2.45, 2.75) is 32.8 Å². The first-order chi connectivity index (χ1) is 8.65. The van der Waals surface area contributed by atoms with Gasteiger partial charge in [0.1, 0.15) is 11.9 Å². The van der Waals surface area contributed by atoms with E-state index in [4.69, 9.17) is 16.0 Å². The highest BCUT2D eigenvalue weighted by molar-refractivity contribution is 6.28. The zero-order valence-electron chi connectivity index (χ0n) is 10.6. The Labute approximate surface area is 112 Å². The van der Waals surface area contributed by atoms with Gasteiger partial charge in [0.05, 0.1) is 0 Å². The van der Waals surface area contributed by atoms with Gasteiger partial charge in [0.2, 0.25) is 0 Å². The summed E-state index contributed by atoms with van der Waals surface area (Å²) in [5.74, 6) is 0.489. The van der Waals surface area contributed by atoms with Crippen molar-refractivity contribution in [3.05, 3.63) is 58.0 Å². The lowest BCUT2D eigenvalue weighted by Gasteiger charge is -2.14. The van der Waals surface area contributed by atoms with E-state index in [2.05, 4.69) is 26.0 Å². The molecule has 0 saturated heterocycles. The number of aliphatic hydroxyl groups is 1. The molecule has 0 aliphatic heterocycles. The first kappa shape index (κ1) is 13.2. The molecule has 1 aromatic heterocycles. The van der Waals surface area contributed by atoms with E-state index in [1.165, 1.54) is 5.56 Å². The molecule has 0 fully saturated rings. The van der Waals surface area contributed by atoms with Gasteiger partial charge in [-0.15, -0.1) is 0 Å². The molecule has 3 heteroatoms. The zero-order chi connectivity index (χ0) is 13.1. The Kier molecular flexibility index (Phi) is 4.10.